The standard InChI is InChI=1S/C20H22N4O/c1-13-6-3-9-18(14(13)2)24-19-10-4-7-16(15(19)12-22-24)23-20(25)17-8-5-11-21-17/h3,5-6,8-9,11-12,16,21H,4,7,10H2,1-2H3,(H,23,25). The monoisotopic (exact) mass is 334 g/mol. The van der Waals surface area contributed by atoms with Crippen molar-refractivity contribution in [3.63, 3.8) is 0 Å². The summed E-state index contributed by atoms with van der Waals surface area (Å²) in [6.07, 6.45) is 6.64. The molecule has 0 aliphatic heterocycles. The molecule has 5 heteroatoms. The third-order valence-electron chi connectivity index (χ3n) is 5.14. The van der Waals surface area contributed by atoms with Crippen molar-refractivity contribution >= 4 is 5.91 Å². The highest BCUT2D eigenvalue weighted by Crippen LogP contribution is 2.32. The van der Waals surface area contributed by atoms with Crippen LogP contribution in [0.25, 0.3) is 5.69 Å². The molecule has 2 heterocycles. The lowest BCUT2D eigenvalue weighted by Crippen LogP contribution is -2.31. The first-order chi connectivity index (χ1) is 12.1. The molecule has 1 unspecified atom stereocenters. The number of fused-ring (bicyclic) bond motifs is 1. The van der Waals surface area contributed by atoms with Crippen molar-refractivity contribution in [1.82, 2.24) is 20.1 Å². The number of rotatable bonds is 3. The summed E-state index contributed by atoms with van der Waals surface area (Å²) in [5.74, 6) is -0.0673. The van der Waals surface area contributed by atoms with Gasteiger partial charge in [0, 0.05) is 17.5 Å². The van der Waals surface area contributed by atoms with Gasteiger partial charge in [0.1, 0.15) is 5.69 Å². The van der Waals surface area contributed by atoms with E-state index in [1.165, 1.54) is 16.8 Å². The predicted octanol–water partition coefficient (Wildman–Crippen LogP) is 3.62. The average Bonchev–Trinajstić information content (AvgIpc) is 3.27. The highest BCUT2D eigenvalue weighted by Gasteiger charge is 2.27. The van der Waals surface area contributed by atoms with Crippen molar-refractivity contribution in [2.24, 2.45) is 0 Å². The van der Waals surface area contributed by atoms with E-state index in [0.29, 0.717) is 5.69 Å². The molecule has 1 aliphatic rings. The van der Waals surface area contributed by atoms with E-state index in [2.05, 4.69) is 47.4 Å². The van der Waals surface area contributed by atoms with Gasteiger partial charge in [-0.3, -0.25) is 4.79 Å². The first kappa shape index (κ1) is 15.7. The van der Waals surface area contributed by atoms with E-state index in [4.69, 9.17) is 0 Å². The molecule has 128 valence electrons. The lowest BCUT2D eigenvalue weighted by molar-refractivity contribution is 0.0928. The van der Waals surface area contributed by atoms with E-state index in [1.807, 2.05) is 16.9 Å². The van der Waals surface area contributed by atoms with Crippen LogP contribution in [0.4, 0.5) is 0 Å². The van der Waals surface area contributed by atoms with Gasteiger partial charge in [-0.25, -0.2) is 4.68 Å². The summed E-state index contributed by atoms with van der Waals surface area (Å²) in [4.78, 5) is 15.4. The van der Waals surface area contributed by atoms with Crippen molar-refractivity contribution in [3.8, 4) is 5.69 Å². The SMILES string of the molecule is Cc1cccc(-n2ncc3c2CCCC3NC(=O)c2ccc[nH]2)c1C. The second-order valence-corrected chi connectivity index (χ2v) is 6.68. The van der Waals surface area contributed by atoms with Gasteiger partial charge in [0.2, 0.25) is 0 Å². The molecule has 1 amide bonds. The normalized spacial score (nSPS) is 16.5. The maximum atomic E-state index is 12.4. The lowest BCUT2D eigenvalue weighted by Gasteiger charge is -2.24. The molecule has 5 nitrogen and oxygen atoms in total. The van der Waals surface area contributed by atoms with Gasteiger partial charge < -0.3 is 10.3 Å². The Bertz CT molecular complexity index is 908. The van der Waals surface area contributed by atoms with Crippen LogP contribution in [0.3, 0.4) is 0 Å². The fourth-order valence-electron chi connectivity index (χ4n) is 3.59. The van der Waals surface area contributed by atoms with E-state index >= 15 is 0 Å². The van der Waals surface area contributed by atoms with E-state index in [1.54, 1.807) is 12.3 Å². The molecular weight excluding hydrogens is 312 g/mol. The Balaban J connectivity index is 1.66. The average molecular weight is 334 g/mol. The Morgan fingerprint density at radius 1 is 1.28 bits per heavy atom. The summed E-state index contributed by atoms with van der Waals surface area (Å²) >= 11 is 0. The number of H-pyrrole nitrogens is 1. The van der Waals surface area contributed by atoms with Gasteiger partial charge in [0.15, 0.2) is 0 Å². The zero-order valence-corrected chi connectivity index (χ0v) is 14.5. The first-order valence-corrected chi connectivity index (χ1v) is 8.73. The largest absolute Gasteiger partial charge is 0.357 e. The summed E-state index contributed by atoms with van der Waals surface area (Å²) in [5.41, 5.74) is 6.55. The Labute approximate surface area is 147 Å². The van der Waals surface area contributed by atoms with E-state index in [9.17, 15) is 4.79 Å². The first-order valence-electron chi connectivity index (χ1n) is 8.73. The molecule has 0 spiro atoms. The van der Waals surface area contributed by atoms with Crippen molar-refractivity contribution < 1.29 is 4.79 Å². The number of benzene rings is 1. The van der Waals surface area contributed by atoms with Gasteiger partial charge in [-0.05, 0) is 62.4 Å². The molecule has 0 radical (unpaired) electrons. The van der Waals surface area contributed by atoms with Crippen LogP contribution >= 0.6 is 0 Å². The molecule has 0 saturated heterocycles. The zero-order chi connectivity index (χ0) is 17.4. The lowest BCUT2D eigenvalue weighted by atomic mass is 9.92. The molecule has 1 aromatic carbocycles. The minimum Gasteiger partial charge on any atom is -0.357 e. The minimum absolute atomic E-state index is 0.0124. The van der Waals surface area contributed by atoms with Gasteiger partial charge in [-0.2, -0.15) is 5.10 Å². The molecule has 0 saturated carbocycles. The molecule has 1 aliphatic carbocycles. The third kappa shape index (κ3) is 2.76. The maximum Gasteiger partial charge on any atom is 0.268 e. The number of hydrogen-bond acceptors (Lipinski definition) is 2. The number of aromatic amines is 1. The van der Waals surface area contributed by atoms with Crippen LogP contribution in [-0.4, -0.2) is 20.7 Å². The Hall–Kier alpha value is -2.82. The highest BCUT2D eigenvalue weighted by atomic mass is 16.1. The molecule has 1 atom stereocenters. The minimum atomic E-state index is -0.0673. The van der Waals surface area contributed by atoms with Crippen LogP contribution in [0.1, 0.15) is 51.8 Å². The number of amides is 1. The summed E-state index contributed by atoms with van der Waals surface area (Å²) in [5, 5.41) is 7.79. The fourth-order valence-corrected chi connectivity index (χ4v) is 3.59. The number of aromatic nitrogens is 3. The number of carbonyl (C=O) groups is 1. The van der Waals surface area contributed by atoms with Crippen LogP contribution in [0, 0.1) is 13.8 Å². The highest BCUT2D eigenvalue weighted by molar-refractivity contribution is 5.92. The molecule has 3 aromatic rings. The van der Waals surface area contributed by atoms with E-state index < -0.39 is 0 Å². The number of hydrogen-bond donors (Lipinski definition) is 2. The van der Waals surface area contributed by atoms with Gasteiger partial charge in [0.05, 0.1) is 17.9 Å². The molecule has 0 fully saturated rings. The summed E-state index contributed by atoms with van der Waals surface area (Å²) in [6.45, 7) is 4.25. The summed E-state index contributed by atoms with van der Waals surface area (Å²) in [7, 11) is 0. The number of nitrogens with zero attached hydrogens (tertiary/aromatic N) is 2. The van der Waals surface area contributed by atoms with Crippen LogP contribution in [0.2, 0.25) is 0 Å². The van der Waals surface area contributed by atoms with E-state index in [-0.39, 0.29) is 11.9 Å². The molecule has 25 heavy (non-hydrogen) atoms. The van der Waals surface area contributed by atoms with Gasteiger partial charge >= 0.3 is 0 Å². The summed E-state index contributed by atoms with van der Waals surface area (Å²) in [6, 6.07) is 9.93. The van der Waals surface area contributed by atoms with Gasteiger partial charge in [-0.15, -0.1) is 0 Å². The van der Waals surface area contributed by atoms with Crippen molar-refractivity contribution in [2.45, 2.75) is 39.2 Å². The van der Waals surface area contributed by atoms with Crippen LogP contribution in [0.5, 0.6) is 0 Å². The fraction of sp³-hybridized carbons (Fsp3) is 0.300. The smallest absolute Gasteiger partial charge is 0.268 e. The predicted molar refractivity (Wildman–Crippen MR) is 97.0 cm³/mol. The zero-order valence-electron chi connectivity index (χ0n) is 14.5. The maximum absolute atomic E-state index is 12.4. The quantitative estimate of drug-likeness (QED) is 0.768. The number of aryl methyl sites for hydroxylation is 1. The van der Waals surface area contributed by atoms with E-state index in [0.717, 1.165) is 30.5 Å². The van der Waals surface area contributed by atoms with Gasteiger partial charge in [-0.1, -0.05) is 12.1 Å². The second kappa shape index (κ2) is 6.24. The topological polar surface area (TPSA) is 62.7 Å². The molecule has 2 aromatic heterocycles. The van der Waals surface area contributed by atoms with Crippen molar-refractivity contribution in [1.29, 1.82) is 0 Å². The Kier molecular flexibility index (Phi) is 3.92. The van der Waals surface area contributed by atoms with Crippen molar-refractivity contribution in [3.05, 3.63) is 70.8 Å². The van der Waals surface area contributed by atoms with Crippen molar-refractivity contribution in [2.75, 3.05) is 0 Å². The number of nitrogens with one attached hydrogen (secondary N) is 2. The Morgan fingerprint density at radius 3 is 2.96 bits per heavy atom. The van der Waals surface area contributed by atoms with Gasteiger partial charge in [0.25, 0.3) is 5.91 Å². The van der Waals surface area contributed by atoms with Crippen LogP contribution in [0.15, 0.2) is 42.7 Å². The molecule has 0 bridgehead atoms. The molecular formula is C20H22N4O. The van der Waals surface area contributed by atoms with Crippen LogP contribution in [-0.2, 0) is 6.42 Å². The molecule has 2 N–H and O–H groups in total. The molecule has 4 rings (SSSR count). The van der Waals surface area contributed by atoms with Crippen LogP contribution < -0.4 is 5.32 Å². The number of carbonyl (C=O) groups excluding carboxylic acids is 1. The third-order valence-corrected chi connectivity index (χ3v) is 5.14. The Morgan fingerprint density at radius 2 is 2.16 bits per heavy atom. The second-order valence-electron chi connectivity index (χ2n) is 6.68. The summed E-state index contributed by atoms with van der Waals surface area (Å²) < 4.78 is 2.05.